The van der Waals surface area contributed by atoms with Gasteiger partial charge in [-0.25, -0.2) is 13.2 Å². The molecule has 0 aromatic heterocycles. The number of fused-ring (bicyclic) bond motifs is 1. The van der Waals surface area contributed by atoms with Crippen LogP contribution in [0.4, 0.5) is 5.69 Å². The molecule has 148 valence electrons. The summed E-state index contributed by atoms with van der Waals surface area (Å²) in [6.45, 7) is 2.02. The lowest BCUT2D eigenvalue weighted by Crippen LogP contribution is -2.22. The number of sulfone groups is 1. The van der Waals surface area contributed by atoms with E-state index < -0.39 is 28.3 Å². The highest BCUT2D eigenvalue weighted by Gasteiger charge is 2.17. The van der Waals surface area contributed by atoms with E-state index in [1.807, 2.05) is 0 Å². The SMILES string of the molecule is Cc1ccc(S(C)(=O)=O)cc1C(=O)OCC(=O)Nc1ccc2c(c1)OCCO2. The molecule has 1 amide bonds. The number of hydrogen-bond donors (Lipinski definition) is 1. The Morgan fingerprint density at radius 1 is 1.07 bits per heavy atom. The van der Waals surface area contributed by atoms with Gasteiger partial charge in [0.1, 0.15) is 13.2 Å². The van der Waals surface area contributed by atoms with Crippen molar-refractivity contribution in [3.05, 3.63) is 47.5 Å². The molecule has 0 saturated heterocycles. The van der Waals surface area contributed by atoms with E-state index in [1.54, 1.807) is 25.1 Å². The summed E-state index contributed by atoms with van der Waals surface area (Å²) in [7, 11) is -3.46. The minimum absolute atomic E-state index is 0.00535. The second-order valence-corrected chi connectivity index (χ2v) is 8.25. The maximum Gasteiger partial charge on any atom is 0.338 e. The topological polar surface area (TPSA) is 108 Å². The number of ether oxygens (including phenoxy) is 3. The molecule has 0 atom stereocenters. The molecule has 28 heavy (non-hydrogen) atoms. The number of carbonyl (C=O) groups is 2. The summed E-state index contributed by atoms with van der Waals surface area (Å²) in [5, 5.41) is 2.60. The molecule has 0 fully saturated rings. The van der Waals surface area contributed by atoms with E-state index in [0.29, 0.717) is 36.0 Å². The van der Waals surface area contributed by atoms with E-state index in [9.17, 15) is 18.0 Å². The van der Waals surface area contributed by atoms with Crippen LogP contribution in [0.3, 0.4) is 0 Å². The van der Waals surface area contributed by atoms with Gasteiger partial charge < -0.3 is 19.5 Å². The van der Waals surface area contributed by atoms with E-state index in [2.05, 4.69) is 5.32 Å². The van der Waals surface area contributed by atoms with E-state index >= 15 is 0 Å². The molecule has 0 bridgehead atoms. The molecule has 1 heterocycles. The van der Waals surface area contributed by atoms with Crippen LogP contribution in [0.25, 0.3) is 0 Å². The molecule has 8 nitrogen and oxygen atoms in total. The number of benzene rings is 2. The van der Waals surface area contributed by atoms with Crippen LogP contribution >= 0.6 is 0 Å². The normalized spacial score (nSPS) is 12.9. The third-order valence-corrected chi connectivity index (χ3v) is 5.13. The van der Waals surface area contributed by atoms with Gasteiger partial charge in [0.15, 0.2) is 27.9 Å². The Bertz CT molecular complexity index is 1030. The van der Waals surface area contributed by atoms with Crippen LogP contribution in [0.15, 0.2) is 41.3 Å². The Morgan fingerprint density at radius 3 is 2.50 bits per heavy atom. The van der Waals surface area contributed by atoms with Crippen molar-refractivity contribution in [2.24, 2.45) is 0 Å². The quantitative estimate of drug-likeness (QED) is 0.758. The van der Waals surface area contributed by atoms with Gasteiger partial charge >= 0.3 is 5.97 Å². The molecule has 1 N–H and O–H groups in total. The Morgan fingerprint density at radius 2 is 1.79 bits per heavy atom. The van der Waals surface area contributed by atoms with Gasteiger partial charge in [-0.3, -0.25) is 4.79 Å². The molecule has 3 rings (SSSR count). The van der Waals surface area contributed by atoms with Crippen molar-refractivity contribution in [1.82, 2.24) is 0 Å². The zero-order chi connectivity index (χ0) is 20.3. The molecule has 9 heteroatoms. The van der Waals surface area contributed by atoms with Crippen LogP contribution in [0.1, 0.15) is 15.9 Å². The van der Waals surface area contributed by atoms with Crippen molar-refractivity contribution in [2.75, 3.05) is 31.4 Å². The van der Waals surface area contributed by atoms with Crippen LogP contribution in [-0.4, -0.2) is 46.4 Å². The van der Waals surface area contributed by atoms with E-state index in [4.69, 9.17) is 14.2 Å². The van der Waals surface area contributed by atoms with Crippen LogP contribution in [-0.2, 0) is 19.4 Å². The lowest BCUT2D eigenvalue weighted by molar-refractivity contribution is -0.119. The van der Waals surface area contributed by atoms with E-state index in [0.717, 1.165) is 6.26 Å². The number of nitrogens with one attached hydrogen (secondary N) is 1. The van der Waals surface area contributed by atoms with Gasteiger partial charge in [0, 0.05) is 18.0 Å². The van der Waals surface area contributed by atoms with Crippen molar-refractivity contribution in [3.63, 3.8) is 0 Å². The molecule has 1 aliphatic heterocycles. The van der Waals surface area contributed by atoms with Crippen LogP contribution in [0.5, 0.6) is 11.5 Å². The second kappa shape index (κ2) is 7.89. The molecule has 2 aromatic carbocycles. The maximum absolute atomic E-state index is 12.3. The van der Waals surface area contributed by atoms with Crippen LogP contribution in [0, 0.1) is 6.92 Å². The zero-order valence-corrected chi connectivity index (χ0v) is 16.2. The number of rotatable bonds is 5. The fraction of sp³-hybridized carbons (Fsp3) is 0.263. The van der Waals surface area contributed by atoms with Gasteiger partial charge in [-0.05, 0) is 36.8 Å². The molecule has 0 saturated carbocycles. The summed E-state index contributed by atoms with van der Waals surface area (Å²) in [6, 6.07) is 9.11. The first-order chi connectivity index (χ1) is 13.2. The molecule has 0 unspecified atom stereocenters. The Kier molecular flexibility index (Phi) is 5.55. The standard InChI is InChI=1S/C19H19NO7S/c1-12-3-5-14(28(2,23)24)10-15(12)19(22)27-11-18(21)20-13-4-6-16-17(9-13)26-8-7-25-16/h3-6,9-10H,7-8,11H2,1-2H3,(H,20,21). The van der Waals surface area contributed by atoms with Gasteiger partial charge in [-0.2, -0.15) is 0 Å². The first-order valence-corrected chi connectivity index (χ1v) is 10.3. The van der Waals surface area contributed by atoms with Crippen LogP contribution in [0.2, 0.25) is 0 Å². The summed E-state index contributed by atoms with van der Waals surface area (Å²) >= 11 is 0. The zero-order valence-electron chi connectivity index (χ0n) is 15.4. The highest BCUT2D eigenvalue weighted by atomic mass is 32.2. The van der Waals surface area contributed by atoms with Crippen molar-refractivity contribution >= 4 is 27.4 Å². The monoisotopic (exact) mass is 405 g/mol. The third-order valence-electron chi connectivity index (χ3n) is 4.02. The highest BCUT2D eigenvalue weighted by Crippen LogP contribution is 2.32. The second-order valence-electron chi connectivity index (χ2n) is 6.23. The summed E-state index contributed by atoms with van der Waals surface area (Å²) in [5.74, 6) is -0.201. The highest BCUT2D eigenvalue weighted by molar-refractivity contribution is 7.90. The Hall–Kier alpha value is -3.07. The van der Waals surface area contributed by atoms with Gasteiger partial charge in [-0.1, -0.05) is 6.07 Å². The predicted molar refractivity (Wildman–Crippen MR) is 101 cm³/mol. The van der Waals surface area contributed by atoms with Crippen molar-refractivity contribution in [1.29, 1.82) is 0 Å². The van der Waals surface area contributed by atoms with Crippen molar-refractivity contribution in [2.45, 2.75) is 11.8 Å². The first kappa shape index (κ1) is 19.7. The van der Waals surface area contributed by atoms with Gasteiger partial charge in [-0.15, -0.1) is 0 Å². The molecule has 2 aromatic rings. The molecule has 0 radical (unpaired) electrons. The number of hydrogen-bond acceptors (Lipinski definition) is 7. The predicted octanol–water partition coefficient (Wildman–Crippen LogP) is 1.97. The fourth-order valence-electron chi connectivity index (χ4n) is 2.58. The van der Waals surface area contributed by atoms with Crippen molar-refractivity contribution in [3.8, 4) is 11.5 Å². The number of aryl methyl sites for hydroxylation is 1. The average Bonchev–Trinajstić information content (AvgIpc) is 2.65. The molecular weight excluding hydrogens is 386 g/mol. The van der Waals surface area contributed by atoms with Gasteiger partial charge in [0.05, 0.1) is 10.5 Å². The summed E-state index contributed by atoms with van der Waals surface area (Å²) in [4.78, 5) is 24.3. The maximum atomic E-state index is 12.3. The lowest BCUT2D eigenvalue weighted by atomic mass is 10.1. The summed E-state index contributed by atoms with van der Waals surface area (Å²) < 4.78 is 39.2. The van der Waals surface area contributed by atoms with Gasteiger partial charge in [0.25, 0.3) is 5.91 Å². The summed E-state index contributed by atoms with van der Waals surface area (Å²) in [5.41, 5.74) is 1.11. The largest absolute Gasteiger partial charge is 0.486 e. The van der Waals surface area contributed by atoms with E-state index in [-0.39, 0.29) is 10.5 Å². The molecular formula is C19H19NO7S. The number of amides is 1. The molecule has 0 aliphatic carbocycles. The third kappa shape index (κ3) is 4.61. The smallest absolute Gasteiger partial charge is 0.338 e. The van der Waals surface area contributed by atoms with Crippen LogP contribution < -0.4 is 14.8 Å². The lowest BCUT2D eigenvalue weighted by Gasteiger charge is -2.19. The summed E-state index contributed by atoms with van der Waals surface area (Å²) in [6.07, 6.45) is 1.05. The minimum atomic E-state index is -3.46. The van der Waals surface area contributed by atoms with Gasteiger partial charge in [0.2, 0.25) is 0 Å². The Labute approximate surface area is 162 Å². The molecule has 1 aliphatic rings. The average molecular weight is 405 g/mol. The van der Waals surface area contributed by atoms with E-state index in [1.165, 1.54) is 18.2 Å². The molecule has 0 spiro atoms. The minimum Gasteiger partial charge on any atom is -0.486 e. The first-order valence-electron chi connectivity index (χ1n) is 8.41. The fourth-order valence-corrected chi connectivity index (χ4v) is 3.23. The number of anilines is 1. The Balaban J connectivity index is 1.62. The number of esters is 1. The number of carbonyl (C=O) groups excluding carboxylic acids is 2. The van der Waals surface area contributed by atoms with Crippen molar-refractivity contribution < 1.29 is 32.2 Å².